The van der Waals surface area contributed by atoms with Crippen LogP contribution in [0.2, 0.25) is 0 Å². The van der Waals surface area contributed by atoms with Crippen molar-refractivity contribution in [3.05, 3.63) is 41.5 Å². The molecule has 0 N–H and O–H groups in total. The number of benzene rings is 1. The number of hydrogen-bond donors (Lipinski definition) is 0. The molecule has 1 aliphatic heterocycles. The summed E-state index contributed by atoms with van der Waals surface area (Å²) >= 11 is 1.70. The molecule has 6 heteroatoms. The van der Waals surface area contributed by atoms with Crippen LogP contribution in [0.4, 0.5) is 0 Å². The number of hydrogen-bond acceptors (Lipinski definition) is 5. The van der Waals surface area contributed by atoms with Gasteiger partial charge in [-0.2, -0.15) is 4.98 Å². The van der Waals surface area contributed by atoms with Crippen LogP contribution in [-0.4, -0.2) is 39.8 Å². The molecule has 2 fully saturated rings. The van der Waals surface area contributed by atoms with Gasteiger partial charge in [-0.1, -0.05) is 24.2 Å². The molecule has 1 saturated heterocycles. The summed E-state index contributed by atoms with van der Waals surface area (Å²) in [7, 11) is 0. The summed E-state index contributed by atoms with van der Waals surface area (Å²) in [6.07, 6.45) is 2.33. The number of aromatic nitrogens is 2. The van der Waals surface area contributed by atoms with Crippen molar-refractivity contribution < 1.29 is 9.32 Å². The van der Waals surface area contributed by atoms with Crippen molar-refractivity contribution in [1.82, 2.24) is 15.0 Å². The van der Waals surface area contributed by atoms with Crippen molar-refractivity contribution in [3.63, 3.8) is 0 Å². The van der Waals surface area contributed by atoms with E-state index in [4.69, 9.17) is 4.52 Å². The summed E-state index contributed by atoms with van der Waals surface area (Å²) in [6.45, 7) is 3.42. The molecule has 2 heterocycles. The molecule has 2 aliphatic rings. The van der Waals surface area contributed by atoms with E-state index in [1.54, 1.807) is 11.8 Å². The number of carbonyl (C=O) groups excluding carboxylic acids is 1. The van der Waals surface area contributed by atoms with Gasteiger partial charge in [0.15, 0.2) is 5.82 Å². The zero-order valence-corrected chi connectivity index (χ0v) is 13.9. The zero-order valence-electron chi connectivity index (χ0n) is 13.1. The lowest BCUT2D eigenvalue weighted by Crippen LogP contribution is -2.48. The van der Waals surface area contributed by atoms with Gasteiger partial charge in [0.1, 0.15) is 0 Å². The van der Waals surface area contributed by atoms with Crippen LogP contribution in [0.25, 0.3) is 0 Å². The molecule has 0 bridgehead atoms. The van der Waals surface area contributed by atoms with E-state index in [0.29, 0.717) is 24.9 Å². The Labute approximate surface area is 139 Å². The van der Waals surface area contributed by atoms with Gasteiger partial charge in [-0.3, -0.25) is 4.79 Å². The van der Waals surface area contributed by atoms with E-state index in [1.165, 1.54) is 12.8 Å². The van der Waals surface area contributed by atoms with Crippen LogP contribution in [0.3, 0.4) is 0 Å². The lowest BCUT2D eigenvalue weighted by atomic mass is 9.98. The molecular formula is C17H19N3O2S. The van der Waals surface area contributed by atoms with Crippen LogP contribution in [0, 0.1) is 0 Å². The Hall–Kier alpha value is -1.82. The van der Waals surface area contributed by atoms with Crippen molar-refractivity contribution in [3.8, 4) is 0 Å². The van der Waals surface area contributed by atoms with Gasteiger partial charge in [-0.15, -0.1) is 11.8 Å². The molecule has 1 aliphatic carbocycles. The van der Waals surface area contributed by atoms with Crippen molar-refractivity contribution in [1.29, 1.82) is 0 Å². The van der Waals surface area contributed by atoms with Gasteiger partial charge in [-0.25, -0.2) is 0 Å². The number of rotatable bonds is 5. The highest BCUT2D eigenvalue weighted by Crippen LogP contribution is 2.39. The Balaban J connectivity index is 1.41. The lowest BCUT2D eigenvalue weighted by Gasteiger charge is -2.37. The highest BCUT2D eigenvalue weighted by atomic mass is 32.2. The SMILES string of the molecule is CCSc1ccccc1C(=O)N1CC(c2nc(C3CC3)no2)C1. The van der Waals surface area contributed by atoms with Crippen LogP contribution in [0.15, 0.2) is 33.7 Å². The van der Waals surface area contributed by atoms with Crippen LogP contribution in [0.1, 0.15) is 53.7 Å². The monoisotopic (exact) mass is 329 g/mol. The third kappa shape index (κ3) is 2.87. The molecule has 1 aromatic heterocycles. The molecule has 2 aromatic rings. The average Bonchev–Trinajstić information content (AvgIpc) is 3.26. The van der Waals surface area contributed by atoms with Crippen molar-refractivity contribution in [2.45, 2.75) is 36.5 Å². The molecule has 0 unspecified atom stereocenters. The Bertz CT molecular complexity index is 720. The molecule has 0 spiro atoms. The second-order valence-corrected chi connectivity index (χ2v) is 7.41. The van der Waals surface area contributed by atoms with Gasteiger partial charge in [0, 0.05) is 23.9 Å². The molecule has 1 aromatic carbocycles. The summed E-state index contributed by atoms with van der Waals surface area (Å²) < 4.78 is 5.36. The normalized spacial score (nSPS) is 18.0. The third-order valence-corrected chi connectivity index (χ3v) is 5.29. The zero-order chi connectivity index (χ0) is 15.8. The standard InChI is InChI=1S/C17H19N3O2S/c1-2-23-14-6-4-3-5-13(14)17(21)20-9-12(10-20)16-18-15(19-22-16)11-7-8-11/h3-6,11-12H,2,7-10H2,1H3. The fraction of sp³-hybridized carbons (Fsp3) is 0.471. The molecule has 5 nitrogen and oxygen atoms in total. The Morgan fingerprint density at radius 1 is 1.30 bits per heavy atom. The molecule has 0 atom stereocenters. The molecule has 1 saturated carbocycles. The summed E-state index contributed by atoms with van der Waals surface area (Å²) in [5, 5.41) is 4.05. The number of amides is 1. The third-order valence-electron chi connectivity index (χ3n) is 4.34. The highest BCUT2D eigenvalue weighted by molar-refractivity contribution is 7.99. The maximum Gasteiger partial charge on any atom is 0.255 e. The molecule has 0 radical (unpaired) electrons. The number of likely N-dealkylation sites (tertiary alicyclic amines) is 1. The van der Waals surface area contributed by atoms with Crippen molar-refractivity contribution in [2.75, 3.05) is 18.8 Å². The fourth-order valence-corrected chi connectivity index (χ4v) is 3.61. The van der Waals surface area contributed by atoms with E-state index < -0.39 is 0 Å². The maximum atomic E-state index is 12.7. The van der Waals surface area contributed by atoms with Gasteiger partial charge in [0.05, 0.1) is 11.5 Å². The van der Waals surface area contributed by atoms with Gasteiger partial charge in [0.2, 0.25) is 5.89 Å². The van der Waals surface area contributed by atoms with Gasteiger partial charge >= 0.3 is 0 Å². The van der Waals surface area contributed by atoms with E-state index >= 15 is 0 Å². The molecule has 120 valence electrons. The van der Waals surface area contributed by atoms with Crippen LogP contribution in [0.5, 0.6) is 0 Å². The first-order chi connectivity index (χ1) is 11.3. The Morgan fingerprint density at radius 2 is 2.09 bits per heavy atom. The van der Waals surface area contributed by atoms with E-state index in [-0.39, 0.29) is 11.8 Å². The molecular weight excluding hydrogens is 310 g/mol. The van der Waals surface area contributed by atoms with Crippen LogP contribution < -0.4 is 0 Å². The number of carbonyl (C=O) groups is 1. The summed E-state index contributed by atoms with van der Waals surface area (Å²) in [6, 6.07) is 7.82. The van der Waals surface area contributed by atoms with Gasteiger partial charge in [0.25, 0.3) is 5.91 Å². The largest absolute Gasteiger partial charge is 0.339 e. The predicted molar refractivity (Wildman–Crippen MR) is 87.8 cm³/mol. The first-order valence-corrected chi connectivity index (χ1v) is 9.09. The topological polar surface area (TPSA) is 59.2 Å². The van der Waals surface area contributed by atoms with Crippen molar-refractivity contribution >= 4 is 17.7 Å². The summed E-state index contributed by atoms with van der Waals surface area (Å²) in [5.74, 6) is 3.27. The number of nitrogens with zero attached hydrogens (tertiary/aromatic N) is 3. The van der Waals surface area contributed by atoms with E-state index in [0.717, 1.165) is 22.0 Å². The minimum Gasteiger partial charge on any atom is -0.339 e. The minimum atomic E-state index is 0.0970. The summed E-state index contributed by atoms with van der Waals surface area (Å²) in [4.78, 5) is 20.1. The average molecular weight is 329 g/mol. The fourth-order valence-electron chi connectivity index (χ4n) is 2.82. The van der Waals surface area contributed by atoms with Crippen LogP contribution in [-0.2, 0) is 0 Å². The number of thioether (sulfide) groups is 1. The second kappa shape index (κ2) is 6.00. The van der Waals surface area contributed by atoms with Crippen LogP contribution >= 0.6 is 11.8 Å². The summed E-state index contributed by atoms with van der Waals surface area (Å²) in [5.41, 5.74) is 0.794. The maximum absolute atomic E-state index is 12.7. The quantitative estimate of drug-likeness (QED) is 0.788. The van der Waals surface area contributed by atoms with E-state index in [2.05, 4.69) is 17.1 Å². The Morgan fingerprint density at radius 3 is 2.83 bits per heavy atom. The van der Waals surface area contributed by atoms with Gasteiger partial charge in [-0.05, 0) is 30.7 Å². The minimum absolute atomic E-state index is 0.0970. The second-order valence-electron chi connectivity index (χ2n) is 6.10. The highest BCUT2D eigenvalue weighted by Gasteiger charge is 2.38. The Kier molecular flexibility index (Phi) is 3.85. The van der Waals surface area contributed by atoms with E-state index in [1.807, 2.05) is 29.2 Å². The van der Waals surface area contributed by atoms with Gasteiger partial charge < -0.3 is 9.42 Å². The lowest BCUT2D eigenvalue weighted by molar-refractivity contribution is 0.0565. The smallest absolute Gasteiger partial charge is 0.255 e. The molecule has 1 amide bonds. The molecule has 4 rings (SSSR count). The first-order valence-electron chi connectivity index (χ1n) is 8.11. The first kappa shape index (κ1) is 14.8. The van der Waals surface area contributed by atoms with E-state index in [9.17, 15) is 4.79 Å². The predicted octanol–water partition coefficient (Wildman–Crippen LogP) is 3.30. The van der Waals surface area contributed by atoms with Crippen molar-refractivity contribution in [2.24, 2.45) is 0 Å². The molecule has 23 heavy (non-hydrogen) atoms.